The van der Waals surface area contributed by atoms with Gasteiger partial charge in [0.1, 0.15) is 17.1 Å². The molecule has 3 aromatic rings. The molecule has 220 valence electrons. The van der Waals surface area contributed by atoms with Crippen LogP contribution < -0.4 is 21.3 Å². The van der Waals surface area contributed by atoms with Gasteiger partial charge in [-0.1, -0.05) is 24.3 Å². The molecule has 2 aromatic heterocycles. The van der Waals surface area contributed by atoms with Crippen LogP contribution in [0.25, 0.3) is 0 Å². The summed E-state index contributed by atoms with van der Waals surface area (Å²) in [5.41, 5.74) is 1.62. The first-order valence-corrected chi connectivity index (χ1v) is 14.1. The van der Waals surface area contributed by atoms with Crippen molar-refractivity contribution in [3.05, 3.63) is 76.0 Å². The van der Waals surface area contributed by atoms with Crippen LogP contribution in [-0.4, -0.2) is 60.7 Å². The minimum atomic E-state index is -0.656. The molecule has 4 amide bonds. The van der Waals surface area contributed by atoms with Crippen LogP contribution in [0, 0.1) is 5.82 Å². The molecule has 12 heteroatoms. The van der Waals surface area contributed by atoms with Gasteiger partial charge in [0, 0.05) is 23.5 Å². The maximum absolute atomic E-state index is 13.9. The minimum absolute atomic E-state index is 0.170. The van der Waals surface area contributed by atoms with E-state index in [1.54, 1.807) is 68.1 Å². The summed E-state index contributed by atoms with van der Waals surface area (Å²) in [5.74, 6) is -0.755. The van der Waals surface area contributed by atoms with Crippen LogP contribution >= 0.6 is 11.3 Å². The highest BCUT2D eigenvalue weighted by atomic mass is 32.1. The predicted molar refractivity (Wildman–Crippen MR) is 159 cm³/mol. The van der Waals surface area contributed by atoms with Gasteiger partial charge in [0.15, 0.2) is 0 Å². The van der Waals surface area contributed by atoms with E-state index in [0.29, 0.717) is 36.3 Å². The largest absolute Gasteiger partial charge is 0.444 e. The molecule has 4 N–H and O–H groups in total. The van der Waals surface area contributed by atoms with Crippen LogP contribution in [0.5, 0.6) is 0 Å². The van der Waals surface area contributed by atoms with Gasteiger partial charge >= 0.3 is 12.1 Å². The molecule has 0 fully saturated rings. The lowest BCUT2D eigenvalue weighted by Crippen LogP contribution is -2.39. The zero-order valence-corrected chi connectivity index (χ0v) is 24.7. The van der Waals surface area contributed by atoms with Crippen molar-refractivity contribution in [2.75, 3.05) is 37.8 Å². The van der Waals surface area contributed by atoms with Crippen molar-refractivity contribution < 1.29 is 23.5 Å². The number of carbonyl (C=O) groups is 3. The topological polar surface area (TPSA) is 125 Å². The third kappa shape index (κ3) is 10.5. The Kier molecular flexibility index (Phi) is 11.2. The van der Waals surface area contributed by atoms with Crippen molar-refractivity contribution in [1.29, 1.82) is 0 Å². The monoisotopic (exact) mass is 584 g/mol. The van der Waals surface area contributed by atoms with Gasteiger partial charge in [0.25, 0.3) is 5.91 Å². The van der Waals surface area contributed by atoms with E-state index in [1.165, 1.54) is 17.4 Å². The van der Waals surface area contributed by atoms with Gasteiger partial charge in [-0.2, -0.15) is 0 Å². The molecule has 1 atom stereocenters. The van der Waals surface area contributed by atoms with E-state index in [1.807, 2.05) is 19.0 Å². The van der Waals surface area contributed by atoms with Crippen LogP contribution in [0.1, 0.15) is 54.8 Å². The van der Waals surface area contributed by atoms with Gasteiger partial charge in [-0.25, -0.2) is 14.0 Å². The SMILES string of the molecule is CN(C)CCC(NC(=O)NCCc1ccccc1F)c1ccc(C(=O)Nc2cscc2NC(=O)OC(C)(C)C)nc1. The standard InChI is InChI=1S/C29H37FN6O4S/c1-29(2,3)40-28(39)35-25-18-41-17-24(25)33-26(37)23-11-10-20(16-32-23)22(13-15-36(4)5)34-27(38)31-14-12-19-8-6-7-9-21(19)30/h6-11,16-18,22H,12-15H2,1-5H3,(H,33,37)(H,35,39)(H2,31,34,38). The number of rotatable bonds is 11. The van der Waals surface area contributed by atoms with E-state index in [4.69, 9.17) is 4.74 Å². The zero-order valence-electron chi connectivity index (χ0n) is 23.9. The smallest absolute Gasteiger partial charge is 0.412 e. The summed E-state index contributed by atoms with van der Waals surface area (Å²) in [4.78, 5) is 44.0. The minimum Gasteiger partial charge on any atom is -0.444 e. The number of amides is 4. The Morgan fingerprint density at radius 1 is 1.05 bits per heavy atom. The lowest BCUT2D eigenvalue weighted by atomic mass is 10.1. The highest BCUT2D eigenvalue weighted by molar-refractivity contribution is 7.09. The maximum atomic E-state index is 13.9. The van der Waals surface area contributed by atoms with E-state index in [2.05, 4.69) is 26.3 Å². The molecule has 0 saturated carbocycles. The number of benzene rings is 1. The van der Waals surface area contributed by atoms with E-state index in [9.17, 15) is 18.8 Å². The number of pyridine rings is 1. The Balaban J connectivity index is 1.61. The number of nitrogens with one attached hydrogen (secondary N) is 4. The first-order chi connectivity index (χ1) is 19.4. The summed E-state index contributed by atoms with van der Waals surface area (Å²) >= 11 is 1.31. The van der Waals surface area contributed by atoms with Gasteiger partial charge < -0.3 is 25.6 Å². The third-order valence-electron chi connectivity index (χ3n) is 5.78. The molecule has 10 nitrogen and oxygen atoms in total. The Morgan fingerprint density at radius 2 is 1.76 bits per heavy atom. The van der Waals surface area contributed by atoms with Crippen LogP contribution in [0.4, 0.5) is 25.4 Å². The maximum Gasteiger partial charge on any atom is 0.412 e. The fourth-order valence-corrected chi connectivity index (χ4v) is 4.48. The number of halogens is 1. The number of nitrogens with zero attached hydrogens (tertiary/aromatic N) is 2. The number of hydrogen-bond donors (Lipinski definition) is 4. The summed E-state index contributed by atoms with van der Waals surface area (Å²) in [5, 5.41) is 14.5. The molecule has 0 bridgehead atoms. The highest BCUT2D eigenvalue weighted by Gasteiger charge is 2.20. The zero-order chi connectivity index (χ0) is 30.0. The van der Waals surface area contributed by atoms with Gasteiger partial charge in [-0.3, -0.25) is 15.1 Å². The highest BCUT2D eigenvalue weighted by Crippen LogP contribution is 2.28. The molecule has 1 aromatic carbocycles. The van der Waals surface area contributed by atoms with Crippen LogP contribution in [-0.2, 0) is 11.2 Å². The molecular formula is C29H37FN6O4S. The normalized spacial score (nSPS) is 12.0. The fourth-order valence-electron chi connectivity index (χ4n) is 3.77. The molecule has 1 unspecified atom stereocenters. The predicted octanol–water partition coefficient (Wildman–Crippen LogP) is 5.42. The molecule has 0 aliphatic heterocycles. The van der Waals surface area contributed by atoms with Crippen molar-refractivity contribution in [2.24, 2.45) is 0 Å². The second-order valence-corrected chi connectivity index (χ2v) is 11.4. The van der Waals surface area contributed by atoms with Gasteiger partial charge in [-0.05, 0) is 77.5 Å². The number of ether oxygens (including phenoxy) is 1. The molecule has 0 spiro atoms. The summed E-state index contributed by atoms with van der Waals surface area (Å²) in [6.07, 6.45) is 1.91. The van der Waals surface area contributed by atoms with Gasteiger partial charge in [-0.15, -0.1) is 11.3 Å². The first-order valence-electron chi connectivity index (χ1n) is 13.2. The Hall–Kier alpha value is -4.03. The molecular weight excluding hydrogens is 547 g/mol. The Labute approximate surface area is 243 Å². The van der Waals surface area contributed by atoms with E-state index < -0.39 is 17.6 Å². The molecule has 41 heavy (non-hydrogen) atoms. The number of urea groups is 1. The Morgan fingerprint density at radius 3 is 2.39 bits per heavy atom. The van der Waals surface area contributed by atoms with Gasteiger partial charge in [0.05, 0.1) is 17.4 Å². The van der Waals surface area contributed by atoms with Crippen molar-refractivity contribution in [1.82, 2.24) is 20.5 Å². The summed E-state index contributed by atoms with van der Waals surface area (Å²) in [6, 6.07) is 9.05. The van der Waals surface area contributed by atoms with E-state index >= 15 is 0 Å². The van der Waals surface area contributed by atoms with E-state index in [0.717, 1.165) is 5.56 Å². The molecule has 0 radical (unpaired) electrons. The summed E-state index contributed by atoms with van der Waals surface area (Å²) in [6.45, 7) is 6.27. The van der Waals surface area contributed by atoms with Crippen molar-refractivity contribution >= 4 is 40.7 Å². The van der Waals surface area contributed by atoms with Crippen molar-refractivity contribution in [3.63, 3.8) is 0 Å². The second kappa shape index (κ2) is 14.6. The lowest BCUT2D eigenvalue weighted by Gasteiger charge is -2.21. The van der Waals surface area contributed by atoms with Crippen molar-refractivity contribution in [2.45, 2.75) is 45.3 Å². The molecule has 0 saturated heterocycles. The Bertz CT molecular complexity index is 1320. The second-order valence-electron chi connectivity index (χ2n) is 10.6. The third-order valence-corrected chi connectivity index (χ3v) is 6.52. The number of anilines is 2. The molecule has 3 rings (SSSR count). The summed E-state index contributed by atoms with van der Waals surface area (Å²) in [7, 11) is 3.88. The number of aromatic nitrogens is 1. The van der Waals surface area contributed by atoms with Crippen molar-refractivity contribution in [3.8, 4) is 0 Å². The van der Waals surface area contributed by atoms with Crippen LogP contribution in [0.2, 0.25) is 0 Å². The first kappa shape index (κ1) is 31.5. The van der Waals surface area contributed by atoms with Gasteiger partial charge in [0.2, 0.25) is 0 Å². The molecule has 0 aliphatic carbocycles. The van der Waals surface area contributed by atoms with Crippen LogP contribution in [0.3, 0.4) is 0 Å². The lowest BCUT2D eigenvalue weighted by molar-refractivity contribution is 0.0635. The van der Waals surface area contributed by atoms with Crippen LogP contribution in [0.15, 0.2) is 53.4 Å². The average Bonchev–Trinajstić information content (AvgIpc) is 3.32. The number of thiophene rings is 1. The summed E-state index contributed by atoms with van der Waals surface area (Å²) < 4.78 is 19.1. The molecule has 0 aliphatic rings. The number of carbonyl (C=O) groups excluding carboxylic acids is 3. The van der Waals surface area contributed by atoms with E-state index in [-0.39, 0.29) is 30.1 Å². The quantitative estimate of drug-likeness (QED) is 0.239. The number of hydrogen-bond acceptors (Lipinski definition) is 7. The molecule has 2 heterocycles. The average molecular weight is 585 g/mol. The fraction of sp³-hybridized carbons (Fsp3) is 0.379.